The fourth-order valence-corrected chi connectivity index (χ4v) is 2.16. The van der Waals surface area contributed by atoms with Gasteiger partial charge in [-0.25, -0.2) is 4.98 Å². The fourth-order valence-electron chi connectivity index (χ4n) is 2.16. The molecular weight excluding hydrogens is 184 g/mol. The molecule has 0 aromatic carbocycles. The zero-order valence-corrected chi connectivity index (χ0v) is 10.7. The predicted molar refractivity (Wildman–Crippen MR) is 65.0 cm³/mol. The SMILES string of the molecule is CC.Cc1cn2c(n1)CCC(C(C)C)C2. The van der Waals surface area contributed by atoms with Crippen LogP contribution in [0, 0.1) is 18.8 Å². The molecule has 2 rings (SSSR count). The quantitative estimate of drug-likeness (QED) is 0.691. The van der Waals surface area contributed by atoms with Crippen molar-refractivity contribution in [3.63, 3.8) is 0 Å². The molecule has 0 saturated heterocycles. The van der Waals surface area contributed by atoms with Crippen LogP contribution in [0.5, 0.6) is 0 Å². The Hall–Kier alpha value is -0.790. The number of rotatable bonds is 1. The number of aryl methyl sites for hydroxylation is 2. The predicted octanol–water partition coefficient (Wildman–Crippen LogP) is 3.44. The van der Waals surface area contributed by atoms with Crippen LogP contribution >= 0.6 is 0 Å². The van der Waals surface area contributed by atoms with Crippen molar-refractivity contribution >= 4 is 0 Å². The third-order valence-electron chi connectivity index (χ3n) is 3.09. The molecule has 1 aliphatic rings. The van der Waals surface area contributed by atoms with Crippen molar-refractivity contribution in [1.82, 2.24) is 9.55 Å². The van der Waals surface area contributed by atoms with Crippen molar-refractivity contribution in [2.24, 2.45) is 11.8 Å². The van der Waals surface area contributed by atoms with E-state index in [1.165, 1.54) is 24.5 Å². The van der Waals surface area contributed by atoms with Crippen molar-refractivity contribution in [3.8, 4) is 0 Å². The van der Waals surface area contributed by atoms with E-state index in [4.69, 9.17) is 0 Å². The molecule has 0 fully saturated rings. The average Bonchev–Trinajstić information content (AvgIpc) is 2.59. The topological polar surface area (TPSA) is 17.8 Å². The second-order valence-corrected chi connectivity index (χ2v) is 4.49. The maximum absolute atomic E-state index is 4.51. The summed E-state index contributed by atoms with van der Waals surface area (Å²) in [4.78, 5) is 4.51. The van der Waals surface area contributed by atoms with Crippen LogP contribution in [0.25, 0.3) is 0 Å². The van der Waals surface area contributed by atoms with Gasteiger partial charge in [0.05, 0.1) is 5.69 Å². The molecule has 1 aromatic rings. The van der Waals surface area contributed by atoms with Crippen LogP contribution in [-0.2, 0) is 13.0 Å². The van der Waals surface area contributed by atoms with E-state index in [2.05, 4.69) is 36.5 Å². The van der Waals surface area contributed by atoms with Crippen molar-refractivity contribution in [2.45, 2.75) is 54.0 Å². The first-order chi connectivity index (χ1) is 7.16. The van der Waals surface area contributed by atoms with E-state index in [9.17, 15) is 0 Å². The summed E-state index contributed by atoms with van der Waals surface area (Å²) in [6.07, 6.45) is 4.66. The maximum atomic E-state index is 4.51. The number of aromatic nitrogens is 2. The van der Waals surface area contributed by atoms with Gasteiger partial charge < -0.3 is 4.57 Å². The highest BCUT2D eigenvalue weighted by Gasteiger charge is 2.21. The van der Waals surface area contributed by atoms with Crippen LogP contribution in [0.2, 0.25) is 0 Å². The van der Waals surface area contributed by atoms with Gasteiger partial charge in [-0.15, -0.1) is 0 Å². The molecule has 0 bridgehead atoms. The number of nitrogens with zero attached hydrogens (tertiary/aromatic N) is 2. The highest BCUT2D eigenvalue weighted by molar-refractivity contribution is 5.04. The molecule has 0 aliphatic carbocycles. The number of imidazole rings is 1. The molecule has 2 heteroatoms. The Balaban J connectivity index is 0.000000531. The van der Waals surface area contributed by atoms with Gasteiger partial charge in [0, 0.05) is 19.2 Å². The summed E-state index contributed by atoms with van der Waals surface area (Å²) in [5.74, 6) is 2.94. The Morgan fingerprint density at radius 3 is 2.67 bits per heavy atom. The smallest absolute Gasteiger partial charge is 0.108 e. The van der Waals surface area contributed by atoms with Crippen molar-refractivity contribution in [2.75, 3.05) is 0 Å². The van der Waals surface area contributed by atoms with Crippen LogP contribution < -0.4 is 0 Å². The Morgan fingerprint density at radius 1 is 1.40 bits per heavy atom. The van der Waals surface area contributed by atoms with Crippen LogP contribution in [-0.4, -0.2) is 9.55 Å². The van der Waals surface area contributed by atoms with Gasteiger partial charge in [0.1, 0.15) is 5.82 Å². The summed E-state index contributed by atoms with van der Waals surface area (Å²) in [5.41, 5.74) is 1.17. The fraction of sp³-hybridized carbons (Fsp3) is 0.769. The monoisotopic (exact) mass is 208 g/mol. The van der Waals surface area contributed by atoms with Gasteiger partial charge in [-0.3, -0.25) is 0 Å². The third-order valence-corrected chi connectivity index (χ3v) is 3.09. The normalized spacial score (nSPS) is 19.5. The van der Waals surface area contributed by atoms with Crippen LogP contribution in [0.1, 0.15) is 45.6 Å². The Kier molecular flexibility index (Phi) is 4.37. The number of hydrogen-bond donors (Lipinski definition) is 0. The lowest BCUT2D eigenvalue weighted by molar-refractivity contribution is 0.282. The number of fused-ring (bicyclic) bond motifs is 1. The lowest BCUT2D eigenvalue weighted by atomic mass is 9.89. The zero-order chi connectivity index (χ0) is 11.4. The summed E-state index contributed by atoms with van der Waals surface area (Å²) in [5, 5.41) is 0. The van der Waals surface area contributed by atoms with Crippen LogP contribution in [0.15, 0.2) is 6.20 Å². The van der Waals surface area contributed by atoms with E-state index in [0.717, 1.165) is 18.3 Å². The van der Waals surface area contributed by atoms with E-state index < -0.39 is 0 Å². The Labute approximate surface area is 93.7 Å². The second kappa shape index (κ2) is 5.34. The zero-order valence-electron chi connectivity index (χ0n) is 10.7. The molecule has 0 amide bonds. The summed E-state index contributed by atoms with van der Waals surface area (Å²) in [6.45, 7) is 11.9. The van der Waals surface area contributed by atoms with Crippen LogP contribution in [0.3, 0.4) is 0 Å². The summed E-state index contributed by atoms with van der Waals surface area (Å²) in [7, 11) is 0. The second-order valence-electron chi connectivity index (χ2n) is 4.49. The van der Waals surface area contributed by atoms with Crippen molar-refractivity contribution in [1.29, 1.82) is 0 Å². The molecule has 0 radical (unpaired) electrons. The van der Waals surface area contributed by atoms with E-state index >= 15 is 0 Å². The first kappa shape index (κ1) is 12.3. The molecule has 1 aromatic heterocycles. The molecule has 0 saturated carbocycles. The van der Waals surface area contributed by atoms with E-state index in [1.807, 2.05) is 13.8 Å². The van der Waals surface area contributed by atoms with Crippen LogP contribution in [0.4, 0.5) is 0 Å². The van der Waals surface area contributed by atoms with Crippen molar-refractivity contribution in [3.05, 3.63) is 17.7 Å². The van der Waals surface area contributed by atoms with Gasteiger partial charge in [0.15, 0.2) is 0 Å². The minimum Gasteiger partial charge on any atom is -0.334 e. The summed E-state index contributed by atoms with van der Waals surface area (Å²) < 4.78 is 2.34. The first-order valence-corrected chi connectivity index (χ1v) is 6.19. The highest BCUT2D eigenvalue weighted by Crippen LogP contribution is 2.25. The molecule has 1 unspecified atom stereocenters. The lowest BCUT2D eigenvalue weighted by Crippen LogP contribution is -2.23. The molecule has 0 N–H and O–H groups in total. The highest BCUT2D eigenvalue weighted by atomic mass is 15.1. The molecule has 1 atom stereocenters. The van der Waals surface area contributed by atoms with E-state index in [0.29, 0.717) is 0 Å². The summed E-state index contributed by atoms with van der Waals surface area (Å²) in [6, 6.07) is 0. The average molecular weight is 208 g/mol. The Morgan fingerprint density at radius 2 is 2.07 bits per heavy atom. The number of hydrogen-bond acceptors (Lipinski definition) is 1. The van der Waals surface area contributed by atoms with Gasteiger partial charge in [-0.1, -0.05) is 27.7 Å². The van der Waals surface area contributed by atoms with Gasteiger partial charge in [0.2, 0.25) is 0 Å². The standard InChI is InChI=1S/C11H18N2.C2H6/c1-8(2)10-4-5-11-12-9(3)6-13(11)7-10;1-2/h6,8,10H,4-5,7H2,1-3H3;1-2H3. The van der Waals surface area contributed by atoms with Gasteiger partial charge in [0.25, 0.3) is 0 Å². The largest absolute Gasteiger partial charge is 0.334 e. The molecule has 86 valence electrons. The van der Waals surface area contributed by atoms with E-state index in [1.54, 1.807) is 0 Å². The van der Waals surface area contributed by atoms with Gasteiger partial charge in [-0.2, -0.15) is 0 Å². The molecule has 1 aliphatic heterocycles. The minimum absolute atomic E-state index is 0.802. The molecule has 2 nitrogen and oxygen atoms in total. The molecular formula is C13H24N2. The molecule has 15 heavy (non-hydrogen) atoms. The van der Waals surface area contributed by atoms with Gasteiger partial charge >= 0.3 is 0 Å². The molecule has 0 spiro atoms. The van der Waals surface area contributed by atoms with Crippen molar-refractivity contribution < 1.29 is 0 Å². The maximum Gasteiger partial charge on any atom is 0.108 e. The van der Waals surface area contributed by atoms with Gasteiger partial charge in [-0.05, 0) is 25.2 Å². The first-order valence-electron chi connectivity index (χ1n) is 6.19. The minimum atomic E-state index is 0.802. The third kappa shape index (κ3) is 2.83. The molecule has 2 heterocycles. The Bertz CT molecular complexity index is 299. The van der Waals surface area contributed by atoms with E-state index in [-0.39, 0.29) is 0 Å². The lowest BCUT2D eigenvalue weighted by Gasteiger charge is -2.26. The summed E-state index contributed by atoms with van der Waals surface area (Å²) >= 11 is 0.